The Morgan fingerprint density at radius 2 is 2.08 bits per heavy atom. The molecule has 0 aliphatic carbocycles. The molecule has 0 radical (unpaired) electrons. The van der Waals surface area contributed by atoms with Crippen LogP contribution in [0.5, 0.6) is 0 Å². The van der Waals surface area contributed by atoms with Crippen molar-refractivity contribution in [2.45, 2.75) is 0 Å². The number of hydrogen-bond acceptors (Lipinski definition) is 4. The molecule has 0 saturated heterocycles. The van der Waals surface area contributed by atoms with Gasteiger partial charge in [-0.05, 0) is 15.9 Å². The molecule has 0 saturated carbocycles. The Morgan fingerprint density at radius 3 is 2.62 bits per heavy atom. The van der Waals surface area contributed by atoms with Gasteiger partial charge < -0.3 is 9.64 Å². The van der Waals surface area contributed by atoms with E-state index >= 15 is 0 Å². The maximum absolute atomic E-state index is 4.95. The van der Waals surface area contributed by atoms with Crippen LogP contribution in [0.2, 0.25) is 0 Å². The van der Waals surface area contributed by atoms with Gasteiger partial charge in [0.15, 0.2) is 0 Å². The number of methoxy groups -OCH3 is 1. The summed E-state index contributed by atoms with van der Waals surface area (Å²) in [5, 5.41) is 0. The van der Waals surface area contributed by atoms with Crippen LogP contribution in [-0.4, -0.2) is 37.3 Å². The molecule has 0 aliphatic heterocycles. The number of nitrogens with zero attached hydrogens (tertiary/aromatic N) is 3. The first kappa shape index (κ1) is 10.4. The maximum atomic E-state index is 4.95. The van der Waals surface area contributed by atoms with Gasteiger partial charge in [-0.1, -0.05) is 0 Å². The Morgan fingerprint density at radius 1 is 1.46 bits per heavy atom. The van der Waals surface area contributed by atoms with E-state index in [1.54, 1.807) is 19.5 Å². The molecule has 4 nitrogen and oxygen atoms in total. The van der Waals surface area contributed by atoms with Gasteiger partial charge >= 0.3 is 0 Å². The van der Waals surface area contributed by atoms with Crippen LogP contribution in [0, 0.1) is 0 Å². The fraction of sp³-hybridized carbons (Fsp3) is 0.500. The summed E-state index contributed by atoms with van der Waals surface area (Å²) in [6.07, 6.45) is 3.46. The minimum Gasteiger partial charge on any atom is -0.383 e. The largest absolute Gasteiger partial charge is 0.383 e. The monoisotopic (exact) mass is 245 g/mol. The molecule has 5 heteroatoms. The molecule has 1 aromatic rings. The second-order valence-electron chi connectivity index (χ2n) is 2.62. The summed E-state index contributed by atoms with van der Waals surface area (Å²) in [4.78, 5) is 10.2. The minimum absolute atomic E-state index is 0.677. The molecule has 0 aromatic carbocycles. The Hall–Kier alpha value is -0.680. The zero-order chi connectivity index (χ0) is 9.68. The summed E-state index contributed by atoms with van der Waals surface area (Å²) >= 11 is 3.28. The molecule has 1 rings (SSSR count). The SMILES string of the molecule is COCCN(C)c1ncc(Br)cn1. The van der Waals surface area contributed by atoms with Gasteiger partial charge in [-0.2, -0.15) is 0 Å². The zero-order valence-electron chi connectivity index (χ0n) is 7.70. The summed E-state index contributed by atoms with van der Waals surface area (Å²) in [6.45, 7) is 1.47. The number of rotatable bonds is 4. The van der Waals surface area contributed by atoms with Crippen LogP contribution < -0.4 is 4.90 Å². The zero-order valence-corrected chi connectivity index (χ0v) is 9.28. The van der Waals surface area contributed by atoms with E-state index in [4.69, 9.17) is 4.74 Å². The van der Waals surface area contributed by atoms with E-state index in [0.29, 0.717) is 12.6 Å². The summed E-state index contributed by atoms with van der Waals surface area (Å²) in [7, 11) is 3.61. The first-order valence-corrected chi connectivity index (χ1v) is 4.71. The summed E-state index contributed by atoms with van der Waals surface area (Å²) in [5.41, 5.74) is 0. The molecule has 0 unspecified atom stereocenters. The van der Waals surface area contributed by atoms with Gasteiger partial charge in [-0.15, -0.1) is 0 Å². The van der Waals surface area contributed by atoms with E-state index in [0.717, 1.165) is 11.0 Å². The molecule has 13 heavy (non-hydrogen) atoms. The second-order valence-corrected chi connectivity index (χ2v) is 3.53. The molecule has 0 N–H and O–H groups in total. The number of ether oxygens (including phenoxy) is 1. The number of hydrogen-bond donors (Lipinski definition) is 0. The van der Waals surface area contributed by atoms with Crippen LogP contribution >= 0.6 is 15.9 Å². The Bertz CT molecular complexity index is 252. The van der Waals surface area contributed by atoms with Crippen molar-refractivity contribution in [3.63, 3.8) is 0 Å². The first-order chi connectivity index (χ1) is 6.24. The lowest BCUT2D eigenvalue weighted by Crippen LogP contribution is -2.23. The third-order valence-electron chi connectivity index (χ3n) is 1.58. The highest BCUT2D eigenvalue weighted by atomic mass is 79.9. The average molecular weight is 246 g/mol. The molecule has 0 spiro atoms. The normalized spacial score (nSPS) is 10.1. The van der Waals surface area contributed by atoms with Crippen molar-refractivity contribution in [2.75, 3.05) is 32.2 Å². The van der Waals surface area contributed by atoms with Crippen LogP contribution in [-0.2, 0) is 4.74 Å². The van der Waals surface area contributed by atoms with Crippen LogP contribution in [0.4, 0.5) is 5.95 Å². The van der Waals surface area contributed by atoms with E-state index < -0.39 is 0 Å². The van der Waals surface area contributed by atoms with Crippen molar-refractivity contribution in [2.24, 2.45) is 0 Å². The van der Waals surface area contributed by atoms with E-state index in [1.807, 2.05) is 11.9 Å². The van der Waals surface area contributed by atoms with Crippen molar-refractivity contribution in [1.29, 1.82) is 0 Å². The van der Waals surface area contributed by atoms with Gasteiger partial charge in [0.25, 0.3) is 0 Å². The molecule has 0 fully saturated rings. The van der Waals surface area contributed by atoms with E-state index in [9.17, 15) is 0 Å². The number of halogens is 1. The van der Waals surface area contributed by atoms with Gasteiger partial charge in [-0.25, -0.2) is 9.97 Å². The third kappa shape index (κ3) is 3.28. The second kappa shape index (κ2) is 5.14. The van der Waals surface area contributed by atoms with Gasteiger partial charge in [0.1, 0.15) is 0 Å². The van der Waals surface area contributed by atoms with Gasteiger partial charge in [0.05, 0.1) is 11.1 Å². The number of aromatic nitrogens is 2. The first-order valence-electron chi connectivity index (χ1n) is 3.91. The summed E-state index contributed by atoms with van der Waals surface area (Å²) in [6, 6.07) is 0. The lowest BCUT2D eigenvalue weighted by Gasteiger charge is -2.15. The highest BCUT2D eigenvalue weighted by molar-refractivity contribution is 9.10. The molecular weight excluding hydrogens is 234 g/mol. The van der Waals surface area contributed by atoms with Gasteiger partial charge in [0, 0.05) is 33.1 Å². The summed E-state index contributed by atoms with van der Waals surface area (Å²) in [5.74, 6) is 0.709. The van der Waals surface area contributed by atoms with Crippen molar-refractivity contribution >= 4 is 21.9 Å². The standard InChI is InChI=1S/C8H12BrN3O/c1-12(3-4-13-2)8-10-5-7(9)6-11-8/h5-6H,3-4H2,1-2H3. The lowest BCUT2D eigenvalue weighted by molar-refractivity contribution is 0.206. The highest BCUT2D eigenvalue weighted by Crippen LogP contribution is 2.08. The Labute approximate surface area is 86.1 Å². The van der Waals surface area contributed by atoms with E-state index in [2.05, 4.69) is 25.9 Å². The van der Waals surface area contributed by atoms with Crippen LogP contribution in [0.15, 0.2) is 16.9 Å². The average Bonchev–Trinajstić information content (AvgIpc) is 2.15. The smallest absolute Gasteiger partial charge is 0.225 e. The lowest BCUT2D eigenvalue weighted by atomic mass is 10.6. The van der Waals surface area contributed by atoms with Crippen molar-refractivity contribution in [3.8, 4) is 0 Å². The molecule has 0 bridgehead atoms. The Balaban J connectivity index is 2.55. The fourth-order valence-electron chi connectivity index (χ4n) is 0.831. The van der Waals surface area contributed by atoms with Crippen molar-refractivity contribution in [3.05, 3.63) is 16.9 Å². The third-order valence-corrected chi connectivity index (χ3v) is 1.99. The molecule has 72 valence electrons. The van der Waals surface area contributed by atoms with Gasteiger partial charge in [0.2, 0.25) is 5.95 Å². The van der Waals surface area contributed by atoms with Crippen LogP contribution in [0.3, 0.4) is 0 Å². The summed E-state index contributed by atoms with van der Waals surface area (Å²) < 4.78 is 5.84. The van der Waals surface area contributed by atoms with Crippen LogP contribution in [0.1, 0.15) is 0 Å². The van der Waals surface area contributed by atoms with Gasteiger partial charge in [-0.3, -0.25) is 0 Å². The quantitative estimate of drug-likeness (QED) is 0.803. The Kier molecular flexibility index (Phi) is 4.11. The number of anilines is 1. The topological polar surface area (TPSA) is 38.2 Å². The molecule has 0 atom stereocenters. The minimum atomic E-state index is 0.677. The van der Waals surface area contributed by atoms with Crippen LogP contribution in [0.25, 0.3) is 0 Å². The molecule has 0 aliphatic rings. The molecule has 0 amide bonds. The number of likely N-dealkylation sites (N-methyl/N-ethyl adjacent to an activating group) is 1. The molecule has 1 heterocycles. The van der Waals surface area contributed by atoms with Crippen molar-refractivity contribution in [1.82, 2.24) is 9.97 Å². The maximum Gasteiger partial charge on any atom is 0.225 e. The fourth-order valence-corrected chi connectivity index (χ4v) is 1.04. The predicted molar refractivity (Wildman–Crippen MR) is 54.9 cm³/mol. The highest BCUT2D eigenvalue weighted by Gasteiger charge is 2.02. The molecule has 1 aromatic heterocycles. The molecular formula is C8H12BrN3O. The van der Waals surface area contributed by atoms with E-state index in [-0.39, 0.29) is 0 Å². The van der Waals surface area contributed by atoms with E-state index in [1.165, 1.54) is 0 Å². The predicted octanol–water partition coefficient (Wildman–Crippen LogP) is 1.32. The van der Waals surface area contributed by atoms with Crippen molar-refractivity contribution < 1.29 is 4.74 Å².